The summed E-state index contributed by atoms with van der Waals surface area (Å²) in [5, 5.41) is 5.64. The van der Waals surface area contributed by atoms with Crippen molar-refractivity contribution in [2.24, 2.45) is 10.7 Å². The van der Waals surface area contributed by atoms with Crippen molar-refractivity contribution < 1.29 is 14.3 Å². The molecule has 1 aromatic carbocycles. The summed E-state index contributed by atoms with van der Waals surface area (Å²) >= 11 is 0. The van der Waals surface area contributed by atoms with Gasteiger partial charge in [-0.1, -0.05) is 0 Å². The first-order chi connectivity index (χ1) is 10.6. The summed E-state index contributed by atoms with van der Waals surface area (Å²) in [7, 11) is 0. The van der Waals surface area contributed by atoms with E-state index in [0.717, 1.165) is 5.75 Å². The molecule has 1 amide bonds. The van der Waals surface area contributed by atoms with E-state index in [4.69, 9.17) is 15.2 Å². The fourth-order valence-corrected chi connectivity index (χ4v) is 1.73. The van der Waals surface area contributed by atoms with Crippen LogP contribution in [0.15, 0.2) is 23.2 Å². The molecule has 0 saturated carbocycles. The highest BCUT2D eigenvalue weighted by Crippen LogP contribution is 2.29. The number of anilines is 1. The molecule has 0 atom stereocenters. The molecule has 7 nitrogen and oxygen atoms in total. The number of carbonyl (C=O) groups is 1. The van der Waals surface area contributed by atoms with Crippen LogP contribution in [-0.2, 0) is 4.79 Å². The number of nitrogens with two attached hydrogens (primary N) is 1. The molecule has 0 radical (unpaired) electrons. The number of nitrogens with zero attached hydrogens (tertiary/aromatic N) is 1. The van der Waals surface area contributed by atoms with Gasteiger partial charge in [0.25, 0.3) is 0 Å². The molecule has 0 aromatic heterocycles. The van der Waals surface area contributed by atoms with Crippen LogP contribution in [0, 0.1) is 0 Å². The summed E-state index contributed by atoms with van der Waals surface area (Å²) in [4.78, 5) is 14.9. The maximum Gasteiger partial charge on any atom is 0.216 e. The Labute approximate surface area is 130 Å². The van der Waals surface area contributed by atoms with E-state index in [-0.39, 0.29) is 11.9 Å². The molecule has 0 aliphatic carbocycles. The Kier molecular flexibility index (Phi) is 7.60. The molecule has 0 heterocycles. The minimum absolute atomic E-state index is 0.0928. The normalized spacial score (nSPS) is 11.0. The van der Waals surface area contributed by atoms with Crippen molar-refractivity contribution in [2.45, 2.75) is 20.8 Å². The molecule has 4 N–H and O–H groups in total. The number of nitrogens with one attached hydrogen (secondary N) is 2. The summed E-state index contributed by atoms with van der Waals surface area (Å²) < 4.78 is 11.0. The zero-order valence-corrected chi connectivity index (χ0v) is 13.3. The van der Waals surface area contributed by atoms with Gasteiger partial charge in [0.1, 0.15) is 11.5 Å². The Morgan fingerprint density at radius 1 is 1.27 bits per heavy atom. The first-order valence-corrected chi connectivity index (χ1v) is 7.27. The monoisotopic (exact) mass is 308 g/mol. The highest BCUT2D eigenvalue weighted by atomic mass is 16.5. The lowest BCUT2D eigenvalue weighted by Gasteiger charge is -2.14. The second-order valence-electron chi connectivity index (χ2n) is 4.40. The number of carbonyl (C=O) groups excluding carboxylic acids is 1. The van der Waals surface area contributed by atoms with Gasteiger partial charge >= 0.3 is 0 Å². The lowest BCUT2D eigenvalue weighted by Crippen LogP contribution is -2.27. The summed E-state index contributed by atoms with van der Waals surface area (Å²) in [6, 6.07) is 5.47. The van der Waals surface area contributed by atoms with Gasteiger partial charge in [-0.15, -0.1) is 0 Å². The van der Waals surface area contributed by atoms with Gasteiger partial charge in [0.2, 0.25) is 5.91 Å². The predicted molar refractivity (Wildman–Crippen MR) is 87.6 cm³/mol. The van der Waals surface area contributed by atoms with E-state index in [1.165, 1.54) is 6.92 Å². The number of amides is 1. The smallest absolute Gasteiger partial charge is 0.216 e. The zero-order chi connectivity index (χ0) is 16.4. The first-order valence-electron chi connectivity index (χ1n) is 7.27. The topological polar surface area (TPSA) is 98.0 Å². The van der Waals surface area contributed by atoms with E-state index in [1.54, 1.807) is 0 Å². The van der Waals surface area contributed by atoms with E-state index >= 15 is 0 Å². The molecule has 0 aliphatic heterocycles. The Bertz CT molecular complexity index is 518. The van der Waals surface area contributed by atoms with Crippen molar-refractivity contribution in [2.75, 3.05) is 31.6 Å². The number of hydrogen-bond acceptors (Lipinski definition) is 4. The molecule has 0 fully saturated rings. The van der Waals surface area contributed by atoms with Gasteiger partial charge in [-0.25, -0.2) is 0 Å². The molecule has 0 spiro atoms. The van der Waals surface area contributed by atoms with Gasteiger partial charge in [-0.2, -0.15) is 0 Å². The highest BCUT2D eigenvalue weighted by Gasteiger charge is 2.07. The predicted octanol–water partition coefficient (Wildman–Crippen LogP) is 1.35. The van der Waals surface area contributed by atoms with Gasteiger partial charge < -0.3 is 25.8 Å². The fourth-order valence-electron chi connectivity index (χ4n) is 1.73. The van der Waals surface area contributed by atoms with Gasteiger partial charge in [0.15, 0.2) is 5.96 Å². The quantitative estimate of drug-likeness (QED) is 0.382. The third-order valence-electron chi connectivity index (χ3n) is 2.59. The van der Waals surface area contributed by atoms with Gasteiger partial charge in [0, 0.05) is 19.5 Å². The maximum atomic E-state index is 10.8. The largest absolute Gasteiger partial charge is 0.494 e. The molecule has 1 rings (SSSR count). The molecule has 0 aliphatic rings. The lowest BCUT2D eigenvalue weighted by molar-refractivity contribution is -0.118. The highest BCUT2D eigenvalue weighted by molar-refractivity contribution is 5.94. The molecule has 0 bridgehead atoms. The van der Waals surface area contributed by atoms with E-state index in [2.05, 4.69) is 15.6 Å². The molecule has 1 aromatic rings. The maximum absolute atomic E-state index is 10.8. The molecule has 122 valence electrons. The van der Waals surface area contributed by atoms with Crippen LogP contribution in [0.3, 0.4) is 0 Å². The van der Waals surface area contributed by atoms with Crippen molar-refractivity contribution in [3.05, 3.63) is 18.2 Å². The van der Waals surface area contributed by atoms with Crippen LogP contribution in [0.5, 0.6) is 11.5 Å². The second-order valence-corrected chi connectivity index (χ2v) is 4.40. The van der Waals surface area contributed by atoms with Crippen molar-refractivity contribution in [1.82, 2.24) is 5.32 Å². The Hall–Kier alpha value is -2.44. The van der Waals surface area contributed by atoms with Crippen LogP contribution in [0.1, 0.15) is 20.8 Å². The Morgan fingerprint density at radius 2 is 2.00 bits per heavy atom. The molecule has 0 unspecified atom stereocenters. The number of aliphatic imine (C=N–C) groups is 1. The zero-order valence-electron chi connectivity index (χ0n) is 13.3. The van der Waals surface area contributed by atoms with Crippen molar-refractivity contribution in [3.63, 3.8) is 0 Å². The number of benzene rings is 1. The van der Waals surface area contributed by atoms with Gasteiger partial charge in [0.05, 0.1) is 25.4 Å². The van der Waals surface area contributed by atoms with Crippen LogP contribution in [0.25, 0.3) is 0 Å². The third kappa shape index (κ3) is 6.34. The first kappa shape index (κ1) is 17.6. The average Bonchev–Trinajstić information content (AvgIpc) is 2.46. The van der Waals surface area contributed by atoms with E-state index in [1.807, 2.05) is 32.0 Å². The third-order valence-corrected chi connectivity index (χ3v) is 2.59. The Morgan fingerprint density at radius 3 is 2.64 bits per heavy atom. The summed E-state index contributed by atoms with van der Waals surface area (Å²) in [6.07, 6.45) is 0. The summed E-state index contributed by atoms with van der Waals surface area (Å²) in [6.45, 7) is 7.24. The summed E-state index contributed by atoms with van der Waals surface area (Å²) in [5.41, 5.74) is 6.53. The Balaban J connectivity index is 2.73. The van der Waals surface area contributed by atoms with Crippen LogP contribution in [0.2, 0.25) is 0 Å². The number of guanidine groups is 1. The molecular formula is C15H24N4O3. The van der Waals surface area contributed by atoms with E-state index < -0.39 is 0 Å². The van der Waals surface area contributed by atoms with Crippen LogP contribution < -0.4 is 25.8 Å². The second kappa shape index (κ2) is 9.49. The van der Waals surface area contributed by atoms with Gasteiger partial charge in [-0.05, 0) is 26.0 Å². The van der Waals surface area contributed by atoms with Crippen molar-refractivity contribution >= 4 is 17.6 Å². The standard InChI is InChI=1S/C15H24N4O3/c1-4-21-12-6-7-14(22-5-2)13(10-12)19-15(16)18-9-8-17-11(3)20/h6-7,10H,4-5,8-9H2,1-3H3,(H,17,20)(H3,16,18,19). The minimum atomic E-state index is -0.0928. The van der Waals surface area contributed by atoms with Crippen LogP contribution in [0.4, 0.5) is 5.69 Å². The van der Waals surface area contributed by atoms with Gasteiger partial charge in [-0.3, -0.25) is 9.79 Å². The number of rotatable bonds is 8. The number of ether oxygens (including phenoxy) is 2. The van der Waals surface area contributed by atoms with E-state index in [9.17, 15) is 4.79 Å². The lowest BCUT2D eigenvalue weighted by atomic mass is 10.2. The van der Waals surface area contributed by atoms with Crippen molar-refractivity contribution in [1.29, 1.82) is 0 Å². The molecular weight excluding hydrogens is 284 g/mol. The minimum Gasteiger partial charge on any atom is -0.494 e. The SMILES string of the molecule is CCOc1ccc(OCC)c(NC(N)=NCCNC(C)=O)c1. The number of hydrogen-bond donors (Lipinski definition) is 3. The molecule has 22 heavy (non-hydrogen) atoms. The molecule has 0 saturated heterocycles. The average molecular weight is 308 g/mol. The fraction of sp³-hybridized carbons (Fsp3) is 0.467. The van der Waals surface area contributed by atoms with Crippen molar-refractivity contribution in [3.8, 4) is 11.5 Å². The summed E-state index contributed by atoms with van der Waals surface area (Å²) in [5.74, 6) is 1.55. The van der Waals surface area contributed by atoms with Crippen LogP contribution >= 0.6 is 0 Å². The van der Waals surface area contributed by atoms with Crippen LogP contribution in [-0.4, -0.2) is 38.2 Å². The van der Waals surface area contributed by atoms with E-state index in [0.29, 0.717) is 37.7 Å². The molecule has 7 heteroatoms.